The van der Waals surface area contributed by atoms with E-state index in [0.29, 0.717) is 5.06 Å². The molecule has 0 bridgehead atoms. The Morgan fingerprint density at radius 3 is 2.76 bits per heavy atom. The summed E-state index contributed by atoms with van der Waals surface area (Å²) in [6, 6.07) is 8.10. The number of benzene rings is 1. The molecule has 1 saturated carbocycles. The van der Waals surface area contributed by atoms with Crippen LogP contribution in [0.4, 0.5) is 0 Å². The summed E-state index contributed by atoms with van der Waals surface area (Å²) in [5.41, 5.74) is 1.04. The maximum Gasteiger partial charge on any atom is 0.269 e. The zero-order valence-electron chi connectivity index (χ0n) is 12.5. The molecule has 4 heteroatoms. The maximum absolute atomic E-state index is 11.4. The van der Waals surface area contributed by atoms with Crippen LogP contribution in [0.25, 0.3) is 6.08 Å². The molecule has 0 unspecified atom stereocenters. The third-order valence-electron chi connectivity index (χ3n) is 3.84. The average molecular weight is 305 g/mol. The minimum Gasteiger partial charge on any atom is -0.286 e. The molecule has 1 aromatic carbocycles. The Bertz CT molecular complexity index is 493. The van der Waals surface area contributed by atoms with Gasteiger partial charge in [-0.3, -0.25) is 10.0 Å². The first-order valence-electron chi connectivity index (χ1n) is 7.53. The van der Waals surface area contributed by atoms with Crippen LogP contribution >= 0.6 is 11.8 Å². The summed E-state index contributed by atoms with van der Waals surface area (Å²) in [7, 11) is 1.33. The van der Waals surface area contributed by atoms with Crippen LogP contribution < -0.4 is 0 Å². The van der Waals surface area contributed by atoms with Gasteiger partial charge in [-0.2, -0.15) is 0 Å². The van der Waals surface area contributed by atoms with E-state index in [9.17, 15) is 4.79 Å². The van der Waals surface area contributed by atoms with E-state index in [1.54, 1.807) is 6.08 Å². The van der Waals surface area contributed by atoms with Gasteiger partial charge in [-0.05, 0) is 36.5 Å². The third-order valence-corrected chi connectivity index (χ3v) is 5.16. The minimum atomic E-state index is -0.415. The Balaban J connectivity index is 1.97. The van der Waals surface area contributed by atoms with Crippen molar-refractivity contribution in [3.05, 3.63) is 35.9 Å². The standard InChI is InChI=1S/C17H23NO2S/c1-18(20)17(19)12-11-15-9-5-6-10-16(15)21-13-14-7-3-2-4-8-14/h5-6,9-12,14,20H,2-4,7-8,13H2,1H3/b12-11+. The minimum absolute atomic E-state index is 0.415. The van der Waals surface area contributed by atoms with E-state index in [-0.39, 0.29) is 0 Å². The number of nitrogens with zero attached hydrogens (tertiary/aromatic N) is 1. The highest BCUT2D eigenvalue weighted by Gasteiger charge is 2.14. The second kappa shape index (κ2) is 8.25. The molecule has 0 saturated heterocycles. The first-order valence-corrected chi connectivity index (χ1v) is 8.52. The Morgan fingerprint density at radius 1 is 1.33 bits per heavy atom. The van der Waals surface area contributed by atoms with E-state index < -0.39 is 5.91 Å². The molecule has 3 nitrogen and oxygen atoms in total. The van der Waals surface area contributed by atoms with Gasteiger partial charge in [0.1, 0.15) is 0 Å². The molecule has 114 valence electrons. The van der Waals surface area contributed by atoms with Crippen molar-refractivity contribution in [3.8, 4) is 0 Å². The first-order chi connectivity index (χ1) is 10.2. The van der Waals surface area contributed by atoms with E-state index in [4.69, 9.17) is 5.21 Å². The predicted molar refractivity (Wildman–Crippen MR) is 87.3 cm³/mol. The number of carbonyl (C=O) groups is 1. The second-order valence-electron chi connectivity index (χ2n) is 5.55. The molecule has 0 heterocycles. The van der Waals surface area contributed by atoms with Gasteiger partial charge >= 0.3 is 0 Å². The van der Waals surface area contributed by atoms with Gasteiger partial charge in [0, 0.05) is 23.8 Å². The van der Waals surface area contributed by atoms with Crippen molar-refractivity contribution in [1.82, 2.24) is 5.06 Å². The molecule has 1 aliphatic rings. The van der Waals surface area contributed by atoms with Crippen molar-refractivity contribution in [2.24, 2.45) is 5.92 Å². The lowest BCUT2D eigenvalue weighted by atomic mass is 9.91. The number of carbonyl (C=O) groups excluding carboxylic acids is 1. The number of thioether (sulfide) groups is 1. The van der Waals surface area contributed by atoms with E-state index in [0.717, 1.165) is 17.2 Å². The normalized spacial score (nSPS) is 16.3. The maximum atomic E-state index is 11.4. The fourth-order valence-corrected chi connectivity index (χ4v) is 3.81. The second-order valence-corrected chi connectivity index (χ2v) is 6.61. The predicted octanol–water partition coefficient (Wildman–Crippen LogP) is 4.22. The van der Waals surface area contributed by atoms with Crippen LogP contribution in [0.15, 0.2) is 35.2 Å². The molecule has 0 atom stereocenters. The number of rotatable bonds is 5. The third kappa shape index (κ3) is 5.21. The number of amides is 1. The largest absolute Gasteiger partial charge is 0.286 e. The molecule has 0 aliphatic heterocycles. The zero-order valence-corrected chi connectivity index (χ0v) is 13.3. The zero-order chi connectivity index (χ0) is 15.1. The van der Waals surface area contributed by atoms with Gasteiger partial charge in [0.2, 0.25) is 0 Å². The fraction of sp³-hybridized carbons (Fsp3) is 0.471. The molecule has 1 aromatic rings. The first kappa shape index (κ1) is 16.1. The van der Waals surface area contributed by atoms with Crippen LogP contribution in [0.5, 0.6) is 0 Å². The lowest BCUT2D eigenvalue weighted by molar-refractivity contribution is -0.153. The summed E-state index contributed by atoms with van der Waals surface area (Å²) in [6.45, 7) is 0. The Morgan fingerprint density at radius 2 is 2.05 bits per heavy atom. The van der Waals surface area contributed by atoms with E-state index >= 15 is 0 Å². The summed E-state index contributed by atoms with van der Waals surface area (Å²) < 4.78 is 0. The molecule has 0 radical (unpaired) electrons. The quantitative estimate of drug-likeness (QED) is 0.383. The van der Waals surface area contributed by atoms with E-state index in [1.807, 2.05) is 30.0 Å². The molecular formula is C17H23NO2S. The summed E-state index contributed by atoms with van der Waals surface area (Å²) >= 11 is 1.87. The van der Waals surface area contributed by atoms with Crippen LogP contribution in [0, 0.1) is 5.92 Å². The van der Waals surface area contributed by atoms with Crippen molar-refractivity contribution in [2.75, 3.05) is 12.8 Å². The van der Waals surface area contributed by atoms with Gasteiger partial charge in [-0.15, -0.1) is 11.8 Å². The van der Waals surface area contributed by atoms with Crippen molar-refractivity contribution in [3.63, 3.8) is 0 Å². The van der Waals surface area contributed by atoms with Crippen LogP contribution in [0.3, 0.4) is 0 Å². The van der Waals surface area contributed by atoms with Crippen molar-refractivity contribution in [1.29, 1.82) is 0 Å². The van der Waals surface area contributed by atoms with Gasteiger partial charge in [0.25, 0.3) is 5.91 Å². The molecule has 1 fully saturated rings. The van der Waals surface area contributed by atoms with E-state index in [1.165, 1.54) is 50.1 Å². The van der Waals surface area contributed by atoms with Crippen LogP contribution in [-0.4, -0.2) is 29.0 Å². The smallest absolute Gasteiger partial charge is 0.269 e. The molecular weight excluding hydrogens is 282 g/mol. The molecule has 21 heavy (non-hydrogen) atoms. The number of hydrogen-bond donors (Lipinski definition) is 1. The van der Waals surface area contributed by atoms with Crippen molar-refractivity contribution < 1.29 is 10.0 Å². The lowest BCUT2D eigenvalue weighted by Crippen LogP contribution is -2.19. The molecule has 1 amide bonds. The molecule has 1 N–H and O–H groups in total. The SMILES string of the molecule is CN(O)C(=O)/C=C/c1ccccc1SCC1CCCCC1. The van der Waals surface area contributed by atoms with Crippen molar-refractivity contribution >= 4 is 23.7 Å². The molecule has 2 rings (SSSR count). The Labute approximate surface area is 131 Å². The highest BCUT2D eigenvalue weighted by Crippen LogP contribution is 2.31. The van der Waals surface area contributed by atoms with Gasteiger partial charge in [-0.1, -0.05) is 37.5 Å². The highest BCUT2D eigenvalue weighted by atomic mass is 32.2. The Hall–Kier alpha value is -1.26. The summed E-state index contributed by atoms with van der Waals surface area (Å²) in [6.07, 6.45) is 9.99. The van der Waals surface area contributed by atoms with Crippen molar-refractivity contribution in [2.45, 2.75) is 37.0 Å². The molecule has 0 aromatic heterocycles. The van der Waals surface area contributed by atoms with Crippen LogP contribution in [-0.2, 0) is 4.79 Å². The van der Waals surface area contributed by atoms with Gasteiger partial charge in [0.15, 0.2) is 0 Å². The van der Waals surface area contributed by atoms with E-state index in [2.05, 4.69) is 6.07 Å². The summed E-state index contributed by atoms with van der Waals surface area (Å²) in [4.78, 5) is 12.6. The van der Waals surface area contributed by atoms with Crippen LogP contribution in [0.2, 0.25) is 0 Å². The highest BCUT2D eigenvalue weighted by molar-refractivity contribution is 7.99. The molecule has 1 aliphatic carbocycles. The van der Waals surface area contributed by atoms with Gasteiger partial charge in [-0.25, -0.2) is 5.06 Å². The average Bonchev–Trinajstić information content (AvgIpc) is 2.52. The van der Waals surface area contributed by atoms with Gasteiger partial charge in [0.05, 0.1) is 0 Å². The summed E-state index contributed by atoms with van der Waals surface area (Å²) in [5, 5.41) is 9.66. The topological polar surface area (TPSA) is 40.5 Å². The fourth-order valence-electron chi connectivity index (χ4n) is 2.58. The number of hydroxylamine groups is 2. The summed E-state index contributed by atoms with van der Waals surface area (Å²) in [5.74, 6) is 1.56. The lowest BCUT2D eigenvalue weighted by Gasteiger charge is -2.21. The Kier molecular flexibility index (Phi) is 6.33. The number of likely N-dealkylation sites (N-methyl/N-ethyl adjacent to an activating group) is 1. The number of hydrogen-bond acceptors (Lipinski definition) is 3. The van der Waals surface area contributed by atoms with Gasteiger partial charge < -0.3 is 0 Å². The monoisotopic (exact) mass is 305 g/mol. The van der Waals surface area contributed by atoms with Crippen LogP contribution in [0.1, 0.15) is 37.7 Å². The molecule has 0 spiro atoms.